The highest BCUT2D eigenvalue weighted by atomic mass is 16.7. The van der Waals surface area contributed by atoms with Crippen molar-refractivity contribution in [1.82, 2.24) is 4.90 Å². The minimum atomic E-state index is -0.0686. The van der Waals surface area contributed by atoms with Crippen molar-refractivity contribution in [3.63, 3.8) is 0 Å². The van der Waals surface area contributed by atoms with Gasteiger partial charge in [-0.25, -0.2) is 0 Å². The molecule has 2 heterocycles. The Bertz CT molecular complexity index is 495. The molecule has 0 N–H and O–H groups in total. The lowest BCUT2D eigenvalue weighted by Crippen LogP contribution is -2.38. The molecular formula is C19H27NO2. The van der Waals surface area contributed by atoms with Gasteiger partial charge in [0, 0.05) is 39.3 Å². The Morgan fingerprint density at radius 1 is 1.14 bits per heavy atom. The number of hydrogen-bond acceptors (Lipinski definition) is 3. The van der Waals surface area contributed by atoms with Gasteiger partial charge >= 0.3 is 0 Å². The lowest BCUT2D eigenvalue weighted by atomic mass is 9.96. The molecule has 0 aliphatic carbocycles. The van der Waals surface area contributed by atoms with E-state index in [-0.39, 0.29) is 6.29 Å². The number of fused-ring (bicyclic) bond motifs is 2. The fraction of sp³-hybridized carbons (Fsp3) is 0.579. The van der Waals surface area contributed by atoms with Crippen molar-refractivity contribution in [3.8, 4) is 0 Å². The Hall–Kier alpha value is -1.16. The number of hydrogen-bond donors (Lipinski definition) is 0. The molecule has 0 saturated carbocycles. The number of methoxy groups -OCH3 is 2. The Balaban J connectivity index is 1.60. The number of benzene rings is 1. The molecular weight excluding hydrogens is 274 g/mol. The van der Waals surface area contributed by atoms with Gasteiger partial charge in [0.15, 0.2) is 6.29 Å². The summed E-state index contributed by atoms with van der Waals surface area (Å²) in [6.45, 7) is 1.08. The van der Waals surface area contributed by atoms with Crippen LogP contribution in [0.5, 0.6) is 0 Å². The molecule has 0 amide bonds. The van der Waals surface area contributed by atoms with Crippen LogP contribution in [0.25, 0.3) is 0 Å². The highest BCUT2D eigenvalue weighted by molar-refractivity contribution is 5.21. The van der Waals surface area contributed by atoms with E-state index < -0.39 is 0 Å². The summed E-state index contributed by atoms with van der Waals surface area (Å²) in [6.07, 6.45) is 8.34. The largest absolute Gasteiger partial charge is 0.356 e. The molecule has 22 heavy (non-hydrogen) atoms. The summed E-state index contributed by atoms with van der Waals surface area (Å²) in [5, 5.41) is 0. The highest BCUT2D eigenvalue weighted by Crippen LogP contribution is 2.37. The van der Waals surface area contributed by atoms with Crippen molar-refractivity contribution in [1.29, 1.82) is 0 Å². The van der Waals surface area contributed by atoms with Gasteiger partial charge < -0.3 is 9.47 Å². The minimum Gasteiger partial charge on any atom is -0.356 e. The van der Waals surface area contributed by atoms with E-state index in [1.54, 1.807) is 19.8 Å². The van der Waals surface area contributed by atoms with Crippen LogP contribution in [0.4, 0.5) is 0 Å². The number of ether oxygens (including phenoxy) is 2. The first-order valence-electron chi connectivity index (χ1n) is 8.35. The molecule has 0 aromatic heterocycles. The lowest BCUT2D eigenvalue weighted by molar-refractivity contribution is -0.105. The Labute approximate surface area is 133 Å². The number of nitrogens with zero attached hydrogens (tertiary/aromatic N) is 1. The summed E-state index contributed by atoms with van der Waals surface area (Å²) in [4.78, 5) is 2.68. The molecule has 120 valence electrons. The molecule has 2 aliphatic heterocycles. The maximum atomic E-state index is 5.30. The average Bonchev–Trinajstić information content (AvgIpc) is 2.79. The molecule has 2 atom stereocenters. The fourth-order valence-electron chi connectivity index (χ4n) is 3.87. The van der Waals surface area contributed by atoms with Crippen molar-refractivity contribution in [2.75, 3.05) is 14.2 Å². The van der Waals surface area contributed by atoms with Crippen LogP contribution in [0, 0.1) is 0 Å². The third kappa shape index (κ3) is 3.60. The Morgan fingerprint density at radius 2 is 1.91 bits per heavy atom. The van der Waals surface area contributed by atoms with Crippen LogP contribution >= 0.6 is 0 Å². The van der Waals surface area contributed by atoms with E-state index in [0.717, 1.165) is 19.4 Å². The van der Waals surface area contributed by atoms with Crippen molar-refractivity contribution in [2.45, 2.75) is 57.0 Å². The van der Waals surface area contributed by atoms with Gasteiger partial charge in [-0.15, -0.1) is 0 Å². The second-order valence-electron chi connectivity index (χ2n) is 6.43. The van der Waals surface area contributed by atoms with E-state index in [9.17, 15) is 0 Å². The maximum Gasteiger partial charge on any atom is 0.157 e. The molecule has 1 fully saturated rings. The molecule has 1 aromatic rings. The third-order valence-corrected chi connectivity index (χ3v) is 5.05. The zero-order chi connectivity index (χ0) is 15.4. The fourth-order valence-corrected chi connectivity index (χ4v) is 3.87. The van der Waals surface area contributed by atoms with Gasteiger partial charge in [-0.2, -0.15) is 0 Å². The predicted molar refractivity (Wildman–Crippen MR) is 88.5 cm³/mol. The first kappa shape index (κ1) is 15.7. The topological polar surface area (TPSA) is 21.7 Å². The summed E-state index contributed by atoms with van der Waals surface area (Å²) in [7, 11) is 3.43. The van der Waals surface area contributed by atoms with Gasteiger partial charge in [-0.3, -0.25) is 4.90 Å². The van der Waals surface area contributed by atoms with Crippen LogP contribution < -0.4 is 0 Å². The SMILES string of the molecule is COC(CCC1=CC2CCC(C1)N2Cc1ccccc1)OC. The standard InChI is InChI=1S/C19H27NO2/c1-21-19(22-2)11-8-16-12-17-9-10-18(13-16)20(17)14-15-6-4-3-5-7-15/h3-7,12,17-19H,8-11,13-14H2,1-2H3. The van der Waals surface area contributed by atoms with Gasteiger partial charge in [0.1, 0.15) is 0 Å². The molecule has 0 radical (unpaired) electrons. The van der Waals surface area contributed by atoms with Crippen LogP contribution in [0.2, 0.25) is 0 Å². The van der Waals surface area contributed by atoms with Crippen LogP contribution in [0.15, 0.2) is 42.0 Å². The third-order valence-electron chi connectivity index (χ3n) is 5.05. The average molecular weight is 301 g/mol. The first-order valence-corrected chi connectivity index (χ1v) is 8.35. The van der Waals surface area contributed by atoms with Crippen LogP contribution in [-0.2, 0) is 16.0 Å². The molecule has 2 aliphatic rings. The quantitative estimate of drug-likeness (QED) is 0.565. The van der Waals surface area contributed by atoms with Gasteiger partial charge in [0.25, 0.3) is 0 Å². The van der Waals surface area contributed by atoms with Gasteiger partial charge in [0.05, 0.1) is 0 Å². The molecule has 0 spiro atoms. The zero-order valence-corrected chi connectivity index (χ0v) is 13.7. The van der Waals surface area contributed by atoms with Crippen molar-refractivity contribution in [3.05, 3.63) is 47.5 Å². The van der Waals surface area contributed by atoms with E-state index in [4.69, 9.17) is 9.47 Å². The molecule has 2 unspecified atom stereocenters. The molecule has 3 nitrogen and oxygen atoms in total. The smallest absolute Gasteiger partial charge is 0.157 e. The van der Waals surface area contributed by atoms with Gasteiger partial charge in [0.2, 0.25) is 0 Å². The molecule has 3 heteroatoms. The van der Waals surface area contributed by atoms with E-state index in [1.165, 1.54) is 24.8 Å². The van der Waals surface area contributed by atoms with Gasteiger partial charge in [-0.05, 0) is 31.2 Å². The molecule has 1 aromatic carbocycles. The lowest BCUT2D eigenvalue weighted by Gasteiger charge is -2.34. The van der Waals surface area contributed by atoms with Gasteiger partial charge in [-0.1, -0.05) is 42.0 Å². The van der Waals surface area contributed by atoms with E-state index in [0.29, 0.717) is 12.1 Å². The van der Waals surface area contributed by atoms with E-state index in [2.05, 4.69) is 41.3 Å². The van der Waals surface area contributed by atoms with Crippen molar-refractivity contribution in [2.24, 2.45) is 0 Å². The van der Waals surface area contributed by atoms with E-state index in [1.807, 2.05) is 0 Å². The number of rotatable bonds is 7. The maximum absolute atomic E-state index is 5.30. The summed E-state index contributed by atoms with van der Waals surface area (Å²) in [5.74, 6) is 0. The minimum absolute atomic E-state index is 0.0686. The monoisotopic (exact) mass is 301 g/mol. The van der Waals surface area contributed by atoms with Crippen molar-refractivity contribution < 1.29 is 9.47 Å². The van der Waals surface area contributed by atoms with E-state index >= 15 is 0 Å². The summed E-state index contributed by atoms with van der Waals surface area (Å²) in [6, 6.07) is 12.2. The second kappa shape index (κ2) is 7.40. The molecule has 2 bridgehead atoms. The predicted octanol–water partition coefficient (Wildman–Crippen LogP) is 3.75. The first-order chi connectivity index (χ1) is 10.8. The Kier molecular flexibility index (Phi) is 5.29. The summed E-state index contributed by atoms with van der Waals surface area (Å²) in [5.41, 5.74) is 3.02. The zero-order valence-electron chi connectivity index (χ0n) is 13.7. The summed E-state index contributed by atoms with van der Waals surface area (Å²) < 4.78 is 10.6. The van der Waals surface area contributed by atoms with Crippen LogP contribution in [-0.4, -0.2) is 37.5 Å². The highest BCUT2D eigenvalue weighted by Gasteiger charge is 2.36. The summed E-state index contributed by atoms with van der Waals surface area (Å²) >= 11 is 0. The van der Waals surface area contributed by atoms with Crippen molar-refractivity contribution >= 4 is 0 Å². The Morgan fingerprint density at radius 3 is 2.59 bits per heavy atom. The van der Waals surface area contributed by atoms with Crippen LogP contribution in [0.1, 0.15) is 37.7 Å². The molecule has 3 rings (SSSR count). The molecule has 1 saturated heterocycles. The second-order valence-corrected chi connectivity index (χ2v) is 6.43. The van der Waals surface area contributed by atoms with Crippen LogP contribution in [0.3, 0.4) is 0 Å². The normalized spacial score (nSPS) is 24.8.